The number of carbonyl (C=O) groups excluding carboxylic acids is 1. The summed E-state index contributed by atoms with van der Waals surface area (Å²) in [5.74, 6) is 0.928. The molecule has 0 aliphatic rings. The molecule has 1 amide bonds. The van der Waals surface area contributed by atoms with Gasteiger partial charge in [-0.05, 0) is 36.4 Å². The Hall–Kier alpha value is -1.81. The van der Waals surface area contributed by atoms with Crippen molar-refractivity contribution in [2.45, 2.75) is 19.3 Å². The van der Waals surface area contributed by atoms with Gasteiger partial charge >= 0.3 is 0 Å². The summed E-state index contributed by atoms with van der Waals surface area (Å²) in [6, 6.07) is 13.8. The zero-order valence-electron chi connectivity index (χ0n) is 11.4. The number of carbonyl (C=O) groups is 1. The molecule has 0 spiro atoms. The Labute approximate surface area is 123 Å². The standard InChI is InChI=1S/C16H19NO2S/c18-16(10-4-8-15-9-5-13-20-15)17-11-12-19-14-6-2-1-3-7-14/h1-3,5-7,9,13H,4,8,10-12H2,(H,17,18). The van der Waals surface area contributed by atoms with Crippen molar-refractivity contribution in [1.29, 1.82) is 0 Å². The number of hydrogen-bond acceptors (Lipinski definition) is 3. The van der Waals surface area contributed by atoms with Crippen LogP contribution in [0.5, 0.6) is 5.75 Å². The van der Waals surface area contributed by atoms with Crippen LogP contribution in [0, 0.1) is 0 Å². The Morgan fingerprint density at radius 3 is 2.75 bits per heavy atom. The Bertz CT molecular complexity index is 496. The number of para-hydroxylation sites is 1. The van der Waals surface area contributed by atoms with Crippen molar-refractivity contribution in [3.63, 3.8) is 0 Å². The Kier molecular flexibility index (Phi) is 6.11. The van der Waals surface area contributed by atoms with Gasteiger partial charge in [0.25, 0.3) is 0 Å². The van der Waals surface area contributed by atoms with E-state index >= 15 is 0 Å². The number of ether oxygens (including phenoxy) is 1. The number of nitrogens with one attached hydrogen (secondary N) is 1. The van der Waals surface area contributed by atoms with Gasteiger partial charge in [0.1, 0.15) is 12.4 Å². The molecule has 0 radical (unpaired) electrons. The molecule has 1 N–H and O–H groups in total. The first kappa shape index (κ1) is 14.6. The molecule has 2 aromatic rings. The molecule has 1 aromatic carbocycles. The van der Waals surface area contributed by atoms with E-state index in [1.807, 2.05) is 36.4 Å². The lowest BCUT2D eigenvalue weighted by atomic mass is 10.2. The topological polar surface area (TPSA) is 38.3 Å². The molecule has 0 unspecified atom stereocenters. The van der Waals surface area contributed by atoms with Crippen molar-refractivity contribution in [3.05, 3.63) is 52.7 Å². The molecule has 3 nitrogen and oxygen atoms in total. The molecule has 0 bridgehead atoms. The van der Waals surface area contributed by atoms with Crippen LogP contribution in [-0.2, 0) is 11.2 Å². The Morgan fingerprint density at radius 1 is 1.15 bits per heavy atom. The summed E-state index contributed by atoms with van der Waals surface area (Å²) >= 11 is 1.74. The van der Waals surface area contributed by atoms with Gasteiger partial charge in [-0.2, -0.15) is 0 Å². The van der Waals surface area contributed by atoms with Crippen molar-refractivity contribution in [3.8, 4) is 5.75 Å². The summed E-state index contributed by atoms with van der Waals surface area (Å²) in [6.45, 7) is 1.05. The van der Waals surface area contributed by atoms with Gasteiger partial charge in [0.15, 0.2) is 0 Å². The number of aryl methyl sites for hydroxylation is 1. The summed E-state index contributed by atoms with van der Waals surface area (Å²) in [6.07, 6.45) is 2.45. The van der Waals surface area contributed by atoms with E-state index in [1.165, 1.54) is 4.88 Å². The normalized spacial score (nSPS) is 10.2. The molecular formula is C16H19NO2S. The van der Waals surface area contributed by atoms with E-state index in [2.05, 4.69) is 16.8 Å². The molecule has 0 saturated carbocycles. The average molecular weight is 289 g/mol. The summed E-state index contributed by atoms with van der Waals surface area (Å²) in [5.41, 5.74) is 0. The quantitative estimate of drug-likeness (QED) is 0.757. The minimum atomic E-state index is 0.0956. The van der Waals surface area contributed by atoms with Crippen LogP contribution >= 0.6 is 11.3 Å². The highest BCUT2D eigenvalue weighted by Gasteiger charge is 2.01. The SMILES string of the molecule is O=C(CCCc1cccs1)NCCOc1ccccc1. The molecule has 0 saturated heterocycles. The van der Waals surface area contributed by atoms with E-state index in [4.69, 9.17) is 4.74 Å². The summed E-state index contributed by atoms with van der Waals surface area (Å²) in [4.78, 5) is 13.0. The molecule has 0 aliphatic carbocycles. The van der Waals surface area contributed by atoms with Crippen molar-refractivity contribution in [1.82, 2.24) is 5.32 Å². The number of benzene rings is 1. The Balaban J connectivity index is 1.52. The maximum atomic E-state index is 11.6. The van der Waals surface area contributed by atoms with Gasteiger partial charge in [0.2, 0.25) is 5.91 Å². The maximum Gasteiger partial charge on any atom is 0.220 e. The van der Waals surface area contributed by atoms with Crippen LogP contribution in [0.3, 0.4) is 0 Å². The van der Waals surface area contributed by atoms with Gasteiger partial charge < -0.3 is 10.1 Å². The van der Waals surface area contributed by atoms with Crippen LogP contribution in [0.1, 0.15) is 17.7 Å². The van der Waals surface area contributed by atoms with Crippen LogP contribution in [0.2, 0.25) is 0 Å². The second-order valence-electron chi connectivity index (χ2n) is 4.44. The van der Waals surface area contributed by atoms with Crippen molar-refractivity contribution < 1.29 is 9.53 Å². The minimum absolute atomic E-state index is 0.0956. The predicted octanol–water partition coefficient (Wildman–Crippen LogP) is 3.27. The van der Waals surface area contributed by atoms with E-state index < -0.39 is 0 Å². The maximum absolute atomic E-state index is 11.6. The Morgan fingerprint density at radius 2 is 2.00 bits per heavy atom. The molecule has 4 heteroatoms. The molecule has 20 heavy (non-hydrogen) atoms. The summed E-state index contributed by atoms with van der Waals surface area (Å²) in [7, 11) is 0. The molecule has 1 heterocycles. The van der Waals surface area contributed by atoms with Gasteiger partial charge in [-0.1, -0.05) is 24.3 Å². The highest BCUT2D eigenvalue weighted by atomic mass is 32.1. The van der Waals surface area contributed by atoms with Crippen LogP contribution in [0.4, 0.5) is 0 Å². The van der Waals surface area contributed by atoms with E-state index in [0.717, 1.165) is 18.6 Å². The molecule has 0 fully saturated rings. The van der Waals surface area contributed by atoms with Crippen molar-refractivity contribution in [2.75, 3.05) is 13.2 Å². The zero-order valence-corrected chi connectivity index (χ0v) is 12.2. The first-order valence-electron chi connectivity index (χ1n) is 6.81. The molecule has 2 rings (SSSR count). The molecule has 0 atom stereocenters. The van der Waals surface area contributed by atoms with Crippen LogP contribution in [0.25, 0.3) is 0 Å². The fourth-order valence-corrected chi connectivity index (χ4v) is 2.59. The second kappa shape index (κ2) is 8.38. The van der Waals surface area contributed by atoms with Gasteiger partial charge in [0.05, 0.1) is 6.54 Å². The smallest absolute Gasteiger partial charge is 0.220 e. The number of thiophene rings is 1. The molecule has 0 aliphatic heterocycles. The molecule has 106 valence electrons. The van der Waals surface area contributed by atoms with Gasteiger partial charge in [0, 0.05) is 11.3 Å². The van der Waals surface area contributed by atoms with Crippen molar-refractivity contribution >= 4 is 17.2 Å². The van der Waals surface area contributed by atoms with E-state index in [9.17, 15) is 4.79 Å². The predicted molar refractivity (Wildman–Crippen MR) is 82.2 cm³/mol. The number of amides is 1. The second-order valence-corrected chi connectivity index (χ2v) is 5.48. The van der Waals surface area contributed by atoms with Crippen LogP contribution in [0.15, 0.2) is 47.8 Å². The van der Waals surface area contributed by atoms with E-state index in [-0.39, 0.29) is 5.91 Å². The van der Waals surface area contributed by atoms with Gasteiger partial charge in [-0.15, -0.1) is 11.3 Å². The first-order valence-corrected chi connectivity index (χ1v) is 7.69. The fourth-order valence-electron chi connectivity index (χ4n) is 1.84. The average Bonchev–Trinajstić information content (AvgIpc) is 2.98. The highest BCUT2D eigenvalue weighted by Crippen LogP contribution is 2.11. The van der Waals surface area contributed by atoms with Gasteiger partial charge in [-0.25, -0.2) is 0 Å². The van der Waals surface area contributed by atoms with Gasteiger partial charge in [-0.3, -0.25) is 4.79 Å². The minimum Gasteiger partial charge on any atom is -0.492 e. The first-order chi connectivity index (χ1) is 9.84. The molecule has 1 aromatic heterocycles. The fraction of sp³-hybridized carbons (Fsp3) is 0.312. The van der Waals surface area contributed by atoms with Crippen LogP contribution < -0.4 is 10.1 Å². The number of hydrogen-bond donors (Lipinski definition) is 1. The largest absolute Gasteiger partial charge is 0.492 e. The zero-order chi connectivity index (χ0) is 14.0. The van der Waals surface area contributed by atoms with E-state index in [0.29, 0.717) is 19.6 Å². The van der Waals surface area contributed by atoms with Crippen molar-refractivity contribution in [2.24, 2.45) is 0 Å². The molecular weight excluding hydrogens is 270 g/mol. The third-order valence-electron chi connectivity index (χ3n) is 2.84. The highest BCUT2D eigenvalue weighted by molar-refractivity contribution is 7.09. The lowest BCUT2D eigenvalue weighted by Gasteiger charge is -2.07. The lowest BCUT2D eigenvalue weighted by Crippen LogP contribution is -2.27. The summed E-state index contributed by atoms with van der Waals surface area (Å²) in [5, 5.41) is 4.94. The third-order valence-corrected chi connectivity index (χ3v) is 3.78. The lowest BCUT2D eigenvalue weighted by molar-refractivity contribution is -0.121. The van der Waals surface area contributed by atoms with E-state index in [1.54, 1.807) is 11.3 Å². The summed E-state index contributed by atoms with van der Waals surface area (Å²) < 4.78 is 5.51. The monoisotopic (exact) mass is 289 g/mol. The van der Waals surface area contributed by atoms with Crippen LogP contribution in [-0.4, -0.2) is 19.1 Å². The number of rotatable bonds is 8. The third kappa shape index (κ3) is 5.45.